The number of allylic oxidation sites excluding steroid dienone is 1. The summed E-state index contributed by atoms with van der Waals surface area (Å²) < 4.78 is 11.8. The molecule has 0 saturated heterocycles. The van der Waals surface area contributed by atoms with Crippen LogP contribution in [0.4, 0.5) is 0 Å². The number of unbranched alkanes of at least 4 members (excludes halogenated alkanes) is 1. The van der Waals surface area contributed by atoms with Gasteiger partial charge in [0.1, 0.15) is 17.1 Å². The number of rotatable bonds is 6. The van der Waals surface area contributed by atoms with Crippen LogP contribution >= 0.6 is 0 Å². The molecule has 0 saturated carbocycles. The van der Waals surface area contributed by atoms with Gasteiger partial charge in [0.25, 0.3) is 0 Å². The zero-order chi connectivity index (χ0) is 21.4. The number of aliphatic hydroxyl groups excluding tert-OH is 1. The first kappa shape index (κ1) is 21.7. The normalized spacial score (nSPS) is 22.8. The molecule has 1 aliphatic carbocycles. The molecule has 1 aromatic carbocycles. The highest BCUT2D eigenvalue weighted by Gasteiger charge is 2.46. The Morgan fingerprint density at radius 1 is 1.34 bits per heavy atom. The monoisotopic (exact) mass is 402 g/mol. The van der Waals surface area contributed by atoms with Crippen LogP contribution in [0.5, 0.6) is 11.5 Å². The molecule has 2 atom stereocenters. The van der Waals surface area contributed by atoms with Crippen LogP contribution in [0.2, 0.25) is 0 Å². The Labute approximate surface area is 173 Å². The Morgan fingerprint density at radius 2 is 2.07 bits per heavy atom. The van der Waals surface area contributed by atoms with Crippen molar-refractivity contribution in [1.29, 1.82) is 0 Å². The number of carbonyl (C=O) groups is 1. The van der Waals surface area contributed by atoms with Gasteiger partial charge in [0, 0.05) is 17.4 Å². The fraction of sp³-hybridized carbons (Fsp3) is 0.625. The average molecular weight is 403 g/mol. The van der Waals surface area contributed by atoms with E-state index in [-0.39, 0.29) is 30.2 Å². The van der Waals surface area contributed by atoms with E-state index < -0.39 is 11.0 Å². The summed E-state index contributed by atoms with van der Waals surface area (Å²) >= 11 is 0. The van der Waals surface area contributed by atoms with Gasteiger partial charge in [-0.1, -0.05) is 19.4 Å². The van der Waals surface area contributed by atoms with Gasteiger partial charge in [-0.3, -0.25) is 4.79 Å². The lowest BCUT2D eigenvalue weighted by Crippen LogP contribution is -2.45. The molecule has 1 aromatic rings. The second-order valence-electron chi connectivity index (χ2n) is 9.40. The van der Waals surface area contributed by atoms with Crippen LogP contribution in [-0.4, -0.2) is 35.0 Å². The Hall–Kier alpha value is -2.01. The highest BCUT2D eigenvalue weighted by Crippen LogP contribution is 2.54. The molecule has 2 aliphatic rings. The number of hydrogen-bond donors (Lipinski definition) is 2. The van der Waals surface area contributed by atoms with Crippen molar-refractivity contribution >= 4 is 5.97 Å². The molecular formula is C24H34O5. The second kappa shape index (κ2) is 8.02. The van der Waals surface area contributed by atoms with Crippen molar-refractivity contribution < 1.29 is 24.5 Å². The van der Waals surface area contributed by atoms with Crippen LogP contribution in [-0.2, 0) is 14.9 Å². The van der Waals surface area contributed by atoms with E-state index in [0.29, 0.717) is 24.3 Å². The molecule has 160 valence electrons. The predicted molar refractivity (Wildman–Crippen MR) is 112 cm³/mol. The molecule has 3 rings (SSSR count). The van der Waals surface area contributed by atoms with Crippen molar-refractivity contribution in [3.05, 3.63) is 34.9 Å². The highest BCUT2D eigenvalue weighted by molar-refractivity contribution is 5.82. The van der Waals surface area contributed by atoms with Crippen LogP contribution in [0.25, 0.3) is 0 Å². The summed E-state index contributed by atoms with van der Waals surface area (Å²) in [5.41, 5.74) is 1.16. The maximum Gasteiger partial charge on any atom is 0.315 e. The first-order valence-electron chi connectivity index (χ1n) is 10.6. The Kier molecular flexibility index (Phi) is 6.00. The van der Waals surface area contributed by atoms with Crippen LogP contribution in [0.1, 0.15) is 77.3 Å². The maximum absolute atomic E-state index is 12.7. The van der Waals surface area contributed by atoms with E-state index in [9.17, 15) is 15.0 Å². The van der Waals surface area contributed by atoms with Gasteiger partial charge in [-0.2, -0.15) is 0 Å². The van der Waals surface area contributed by atoms with Gasteiger partial charge in [0.2, 0.25) is 0 Å². The quantitative estimate of drug-likeness (QED) is 0.413. The lowest BCUT2D eigenvalue weighted by molar-refractivity contribution is -0.149. The molecule has 0 aromatic heterocycles. The minimum Gasteiger partial charge on any atom is -0.508 e. The summed E-state index contributed by atoms with van der Waals surface area (Å²) in [4.78, 5) is 12.7. The van der Waals surface area contributed by atoms with Gasteiger partial charge in [-0.15, -0.1) is 0 Å². The number of esters is 1. The summed E-state index contributed by atoms with van der Waals surface area (Å²) in [6, 6.07) is 3.56. The molecule has 29 heavy (non-hydrogen) atoms. The molecule has 2 N–H and O–H groups in total. The highest BCUT2D eigenvalue weighted by atomic mass is 16.5. The molecule has 0 radical (unpaired) electrons. The number of fused-ring (bicyclic) bond motifs is 3. The van der Waals surface area contributed by atoms with Gasteiger partial charge >= 0.3 is 5.97 Å². The number of phenols is 1. The molecule has 5 nitrogen and oxygen atoms in total. The third kappa shape index (κ3) is 4.02. The summed E-state index contributed by atoms with van der Waals surface area (Å²) in [5, 5.41) is 20.6. The fourth-order valence-electron chi connectivity index (χ4n) is 4.56. The third-order valence-corrected chi connectivity index (χ3v) is 6.55. The van der Waals surface area contributed by atoms with Crippen LogP contribution in [0.3, 0.4) is 0 Å². The molecule has 0 spiro atoms. The largest absolute Gasteiger partial charge is 0.508 e. The summed E-state index contributed by atoms with van der Waals surface area (Å²) in [6.45, 7) is 10.3. The Balaban J connectivity index is 1.98. The first-order chi connectivity index (χ1) is 13.6. The molecule has 0 fully saturated rings. The van der Waals surface area contributed by atoms with E-state index in [0.717, 1.165) is 30.4 Å². The van der Waals surface area contributed by atoms with Crippen LogP contribution < -0.4 is 4.74 Å². The lowest BCUT2D eigenvalue weighted by Gasteiger charge is -2.47. The van der Waals surface area contributed by atoms with Crippen LogP contribution in [0, 0.1) is 5.92 Å². The maximum atomic E-state index is 12.7. The fourth-order valence-corrected chi connectivity index (χ4v) is 4.56. The van der Waals surface area contributed by atoms with E-state index in [1.165, 1.54) is 0 Å². The minimum atomic E-state index is -0.896. The number of benzene rings is 1. The van der Waals surface area contributed by atoms with E-state index >= 15 is 0 Å². The van der Waals surface area contributed by atoms with Crippen molar-refractivity contribution in [1.82, 2.24) is 0 Å². The van der Waals surface area contributed by atoms with Crippen LogP contribution in [0.15, 0.2) is 23.8 Å². The van der Waals surface area contributed by atoms with Crippen molar-refractivity contribution in [2.24, 2.45) is 5.92 Å². The summed E-state index contributed by atoms with van der Waals surface area (Å²) in [5.74, 6) is 0.765. The second-order valence-corrected chi connectivity index (χ2v) is 9.40. The molecule has 0 bridgehead atoms. The summed E-state index contributed by atoms with van der Waals surface area (Å²) in [7, 11) is 0. The first-order valence-corrected chi connectivity index (χ1v) is 10.6. The third-order valence-electron chi connectivity index (χ3n) is 6.55. The van der Waals surface area contributed by atoms with Gasteiger partial charge < -0.3 is 19.7 Å². The van der Waals surface area contributed by atoms with Crippen molar-refractivity contribution in [2.45, 2.75) is 77.2 Å². The average Bonchev–Trinajstić information content (AvgIpc) is 2.66. The standard InChI is InChI=1S/C24H34O5/c1-6-7-10-28-22(27)23(2,3)16-12-19(26)21-17-11-15(14-25)8-9-18(17)24(4,5)29-20(21)13-16/h8,12-13,17-18,25-26H,6-7,9-11,14H2,1-5H3. The van der Waals surface area contributed by atoms with E-state index in [2.05, 4.69) is 26.8 Å². The van der Waals surface area contributed by atoms with Gasteiger partial charge in [0.05, 0.1) is 18.6 Å². The topological polar surface area (TPSA) is 76.0 Å². The number of aliphatic hydroxyl groups is 1. The number of ether oxygens (including phenoxy) is 2. The SMILES string of the molecule is CCCCOC(=O)C(C)(C)c1cc(O)c2c(c1)OC(C)(C)C1CC=C(CO)CC21. The number of carbonyl (C=O) groups excluding carboxylic acids is 1. The lowest BCUT2D eigenvalue weighted by atomic mass is 9.66. The number of phenolic OH excluding ortho intramolecular Hbond substituents is 1. The predicted octanol–water partition coefficient (Wildman–Crippen LogP) is 4.60. The minimum absolute atomic E-state index is 0.0370. The number of aromatic hydroxyl groups is 1. The van der Waals surface area contributed by atoms with Gasteiger partial charge in [0.15, 0.2) is 0 Å². The van der Waals surface area contributed by atoms with E-state index in [1.54, 1.807) is 6.07 Å². The smallest absolute Gasteiger partial charge is 0.315 e. The number of hydrogen-bond acceptors (Lipinski definition) is 5. The molecule has 5 heteroatoms. The van der Waals surface area contributed by atoms with Gasteiger partial charge in [-0.25, -0.2) is 0 Å². The molecule has 2 unspecified atom stereocenters. The zero-order valence-corrected chi connectivity index (χ0v) is 18.2. The molecule has 0 amide bonds. The van der Waals surface area contributed by atoms with Crippen molar-refractivity contribution in [2.75, 3.05) is 13.2 Å². The Morgan fingerprint density at radius 3 is 2.72 bits per heavy atom. The van der Waals surface area contributed by atoms with E-state index in [4.69, 9.17) is 9.47 Å². The zero-order valence-electron chi connectivity index (χ0n) is 18.2. The van der Waals surface area contributed by atoms with E-state index in [1.807, 2.05) is 19.9 Å². The Bertz CT molecular complexity index is 806. The van der Waals surface area contributed by atoms with Crippen molar-refractivity contribution in [3.63, 3.8) is 0 Å². The molecule has 1 aliphatic heterocycles. The van der Waals surface area contributed by atoms with Gasteiger partial charge in [-0.05, 0) is 70.2 Å². The summed E-state index contributed by atoms with van der Waals surface area (Å²) in [6.07, 6.45) is 5.40. The molecule has 1 heterocycles. The molecular weight excluding hydrogens is 368 g/mol. The van der Waals surface area contributed by atoms with Crippen molar-refractivity contribution in [3.8, 4) is 11.5 Å².